The summed E-state index contributed by atoms with van der Waals surface area (Å²) in [6.45, 7) is 2.45. The number of nitrogens with one attached hydrogen (secondary N) is 1. The van der Waals surface area contributed by atoms with E-state index in [-0.39, 0.29) is 11.5 Å². The monoisotopic (exact) mass is 578 g/mol. The van der Waals surface area contributed by atoms with Crippen molar-refractivity contribution in [3.05, 3.63) is 64.7 Å². The predicted molar refractivity (Wildman–Crippen MR) is 159 cm³/mol. The maximum Gasteiger partial charge on any atom is 0.335 e. The van der Waals surface area contributed by atoms with Crippen LogP contribution >= 0.6 is 11.6 Å². The Morgan fingerprint density at radius 1 is 1.02 bits per heavy atom. The lowest BCUT2D eigenvalue weighted by Crippen LogP contribution is -2.30. The topological polar surface area (TPSA) is 199 Å². The molecule has 1 unspecified atom stereocenters. The molecule has 222 valence electrons. The van der Waals surface area contributed by atoms with Crippen LogP contribution in [0.4, 0.5) is 5.69 Å². The second kappa shape index (κ2) is 22.5. The first-order valence-electron chi connectivity index (χ1n) is 13.3. The third kappa shape index (κ3) is 18.9. The number of halogens is 1. The molecule has 3 rings (SSSR count). The van der Waals surface area contributed by atoms with E-state index in [1.165, 1.54) is 44.2 Å². The zero-order valence-corrected chi connectivity index (χ0v) is 23.8. The minimum Gasteiger partial charge on any atom is -0.480 e. The van der Waals surface area contributed by atoms with E-state index in [2.05, 4.69) is 5.32 Å². The summed E-state index contributed by atoms with van der Waals surface area (Å²) >= 11 is 5.52. The molecule has 0 aromatic heterocycles. The van der Waals surface area contributed by atoms with E-state index in [1.807, 2.05) is 6.92 Å². The molecule has 11 heteroatoms. The van der Waals surface area contributed by atoms with Crippen LogP contribution < -0.4 is 22.5 Å². The minimum atomic E-state index is -0.955. The van der Waals surface area contributed by atoms with Crippen LogP contribution in [0.3, 0.4) is 0 Å². The summed E-state index contributed by atoms with van der Waals surface area (Å²) in [5.74, 6) is -1.88. The second-order valence-electron chi connectivity index (χ2n) is 9.12. The predicted octanol–water partition coefficient (Wildman–Crippen LogP) is 4.69. The van der Waals surface area contributed by atoms with Crippen LogP contribution in [-0.4, -0.2) is 53.0 Å². The Hall–Kier alpha value is -3.31. The SMILES string of the molecule is CCCC(=O)Nc1ccc(C=O)cc1.NC1CCCCC1.NCCCC(N)C(=O)O.O=C(O)c1ccc(Cl)cc1. The highest BCUT2D eigenvalue weighted by molar-refractivity contribution is 6.30. The quantitative estimate of drug-likeness (QED) is 0.228. The molecule has 1 aliphatic rings. The summed E-state index contributed by atoms with van der Waals surface area (Å²) < 4.78 is 0. The van der Waals surface area contributed by atoms with E-state index < -0.39 is 18.0 Å². The summed E-state index contributed by atoms with van der Waals surface area (Å²) in [5.41, 5.74) is 17.5. The van der Waals surface area contributed by atoms with Crippen LogP contribution in [0.15, 0.2) is 48.5 Å². The second-order valence-corrected chi connectivity index (χ2v) is 9.56. The minimum absolute atomic E-state index is 0.00588. The van der Waals surface area contributed by atoms with E-state index in [0.29, 0.717) is 42.4 Å². The first kappa shape index (κ1) is 36.7. The number of rotatable bonds is 9. The highest BCUT2D eigenvalue weighted by atomic mass is 35.5. The van der Waals surface area contributed by atoms with E-state index in [4.69, 9.17) is 39.0 Å². The molecular weight excluding hydrogens is 536 g/mol. The number of aromatic carboxylic acids is 1. The van der Waals surface area contributed by atoms with Gasteiger partial charge in [0, 0.05) is 28.7 Å². The van der Waals surface area contributed by atoms with Crippen molar-refractivity contribution in [1.82, 2.24) is 0 Å². The van der Waals surface area contributed by atoms with Gasteiger partial charge in [-0.05, 0) is 87.2 Å². The molecule has 2 aromatic carbocycles. The van der Waals surface area contributed by atoms with Gasteiger partial charge in [0.1, 0.15) is 12.3 Å². The van der Waals surface area contributed by atoms with Crippen LogP contribution in [0.5, 0.6) is 0 Å². The van der Waals surface area contributed by atoms with Crippen molar-refractivity contribution >= 4 is 41.4 Å². The Bertz CT molecular complexity index is 997. The fourth-order valence-electron chi connectivity index (χ4n) is 3.28. The molecule has 1 aliphatic carbocycles. The van der Waals surface area contributed by atoms with Crippen molar-refractivity contribution in [2.75, 3.05) is 11.9 Å². The Balaban J connectivity index is 0.000000523. The van der Waals surface area contributed by atoms with Gasteiger partial charge in [-0.25, -0.2) is 4.79 Å². The molecule has 10 nitrogen and oxygen atoms in total. The van der Waals surface area contributed by atoms with Crippen molar-refractivity contribution in [2.45, 2.75) is 76.8 Å². The Kier molecular flexibility index (Phi) is 20.6. The Morgan fingerprint density at radius 3 is 2.00 bits per heavy atom. The van der Waals surface area contributed by atoms with Gasteiger partial charge < -0.3 is 32.7 Å². The van der Waals surface area contributed by atoms with E-state index in [0.717, 1.165) is 18.4 Å². The smallest absolute Gasteiger partial charge is 0.335 e. The maximum absolute atomic E-state index is 11.2. The molecule has 1 atom stereocenters. The van der Waals surface area contributed by atoms with Gasteiger partial charge in [-0.1, -0.05) is 37.8 Å². The maximum atomic E-state index is 11.2. The van der Waals surface area contributed by atoms with Gasteiger partial charge in [0.25, 0.3) is 0 Å². The zero-order chi connectivity index (χ0) is 30.3. The van der Waals surface area contributed by atoms with Gasteiger partial charge in [-0.3, -0.25) is 14.4 Å². The molecule has 9 N–H and O–H groups in total. The van der Waals surface area contributed by atoms with Gasteiger partial charge in [0.2, 0.25) is 5.91 Å². The molecule has 40 heavy (non-hydrogen) atoms. The molecule has 2 aromatic rings. The van der Waals surface area contributed by atoms with Gasteiger partial charge >= 0.3 is 11.9 Å². The van der Waals surface area contributed by atoms with Crippen molar-refractivity contribution < 1.29 is 29.4 Å². The van der Waals surface area contributed by atoms with Gasteiger partial charge in [0.15, 0.2) is 0 Å². The number of carboxylic acids is 2. The standard InChI is InChI=1S/C11H13NO2.C7H5ClO2.C6H13N.C5H12N2O2/c1-2-3-11(14)12-10-6-4-9(8-13)5-7-10;8-6-3-1-5(2-4-6)7(9)10;7-6-4-2-1-3-5-6;6-3-1-2-4(7)5(8)9/h4-8H,2-3H2,1H3,(H,12,14);1-4H,(H,9,10);6H,1-5,7H2;4H,1-3,6-7H2,(H,8,9). The fraction of sp³-hybridized carbons (Fsp3) is 0.448. The van der Waals surface area contributed by atoms with Crippen molar-refractivity contribution in [1.29, 1.82) is 0 Å². The highest BCUT2D eigenvalue weighted by Gasteiger charge is 2.09. The fourth-order valence-corrected chi connectivity index (χ4v) is 3.41. The Morgan fingerprint density at radius 2 is 1.60 bits per heavy atom. The van der Waals surface area contributed by atoms with E-state index in [9.17, 15) is 19.2 Å². The van der Waals surface area contributed by atoms with E-state index >= 15 is 0 Å². The average Bonchev–Trinajstić information content (AvgIpc) is 2.94. The number of benzene rings is 2. The molecule has 0 spiro atoms. The summed E-state index contributed by atoms with van der Waals surface area (Å²) in [7, 11) is 0. The lowest BCUT2D eigenvalue weighted by molar-refractivity contribution is -0.138. The van der Waals surface area contributed by atoms with Gasteiger partial charge in [-0.15, -0.1) is 0 Å². The lowest BCUT2D eigenvalue weighted by atomic mass is 9.97. The lowest BCUT2D eigenvalue weighted by Gasteiger charge is -2.15. The summed E-state index contributed by atoms with van der Waals surface area (Å²) in [4.78, 5) is 41.8. The van der Waals surface area contributed by atoms with Gasteiger partial charge in [-0.2, -0.15) is 0 Å². The van der Waals surface area contributed by atoms with Crippen molar-refractivity contribution in [3.8, 4) is 0 Å². The summed E-state index contributed by atoms with van der Waals surface area (Å²) in [6, 6.07) is 12.6. The first-order chi connectivity index (χ1) is 19.0. The molecule has 0 aliphatic heterocycles. The number of anilines is 1. The van der Waals surface area contributed by atoms with Crippen LogP contribution in [0.1, 0.15) is 85.4 Å². The largest absolute Gasteiger partial charge is 0.480 e. The number of amides is 1. The zero-order valence-electron chi connectivity index (χ0n) is 23.1. The molecule has 0 radical (unpaired) electrons. The molecule has 1 saturated carbocycles. The normalized spacial score (nSPS) is 13.0. The first-order valence-corrected chi connectivity index (χ1v) is 13.7. The molecule has 1 amide bonds. The molecule has 0 heterocycles. The number of hydrogen-bond donors (Lipinski definition) is 6. The molecular formula is C29H43ClN4O6. The highest BCUT2D eigenvalue weighted by Crippen LogP contribution is 2.15. The summed E-state index contributed by atoms with van der Waals surface area (Å²) in [6.07, 6.45) is 9.93. The Labute approximate surface area is 241 Å². The number of hydrogen-bond acceptors (Lipinski definition) is 7. The van der Waals surface area contributed by atoms with Crippen LogP contribution in [-0.2, 0) is 9.59 Å². The molecule has 1 fully saturated rings. The number of carbonyl (C=O) groups excluding carboxylic acids is 2. The van der Waals surface area contributed by atoms with Crippen molar-refractivity contribution in [2.24, 2.45) is 17.2 Å². The number of carboxylic acid groups (broad SMARTS) is 2. The van der Waals surface area contributed by atoms with Crippen LogP contribution in [0, 0.1) is 0 Å². The number of nitrogens with two attached hydrogens (primary N) is 3. The molecule has 0 saturated heterocycles. The van der Waals surface area contributed by atoms with Gasteiger partial charge in [0.05, 0.1) is 5.56 Å². The van der Waals surface area contributed by atoms with Crippen LogP contribution in [0.2, 0.25) is 5.02 Å². The third-order valence-electron chi connectivity index (χ3n) is 5.59. The van der Waals surface area contributed by atoms with Crippen LogP contribution in [0.25, 0.3) is 0 Å². The van der Waals surface area contributed by atoms with Crippen molar-refractivity contribution in [3.63, 3.8) is 0 Å². The molecule has 0 bridgehead atoms. The number of carbonyl (C=O) groups is 4. The number of aliphatic carboxylic acids is 1. The third-order valence-corrected chi connectivity index (χ3v) is 5.84. The average molecular weight is 579 g/mol. The summed E-state index contributed by atoms with van der Waals surface area (Å²) in [5, 5.41) is 20.0. The number of aldehydes is 1. The van der Waals surface area contributed by atoms with E-state index in [1.54, 1.807) is 36.4 Å².